The minimum absolute atomic E-state index is 0.110. The second-order valence-electron chi connectivity index (χ2n) is 3.45. The van der Waals surface area contributed by atoms with E-state index in [1.807, 2.05) is 0 Å². The molecule has 0 aliphatic carbocycles. The SMILES string of the molecule is CC(=N)NCCCC[C@H](N)C(C)O. The molecule has 0 rings (SSSR count). The molecule has 0 spiro atoms. The van der Waals surface area contributed by atoms with E-state index in [9.17, 15) is 0 Å². The van der Waals surface area contributed by atoms with Gasteiger partial charge >= 0.3 is 0 Å². The Kier molecular flexibility index (Phi) is 6.54. The average Bonchev–Trinajstić information content (AvgIpc) is 2.02. The Labute approximate surface area is 80.0 Å². The lowest BCUT2D eigenvalue weighted by atomic mass is 10.1. The van der Waals surface area contributed by atoms with Crippen molar-refractivity contribution in [1.82, 2.24) is 5.32 Å². The van der Waals surface area contributed by atoms with Crippen LogP contribution in [0.15, 0.2) is 0 Å². The number of rotatable bonds is 6. The molecule has 0 amide bonds. The van der Waals surface area contributed by atoms with E-state index in [1.165, 1.54) is 0 Å². The van der Waals surface area contributed by atoms with E-state index < -0.39 is 6.10 Å². The van der Waals surface area contributed by atoms with Crippen LogP contribution < -0.4 is 11.1 Å². The van der Waals surface area contributed by atoms with E-state index in [2.05, 4.69) is 5.32 Å². The van der Waals surface area contributed by atoms with E-state index in [-0.39, 0.29) is 6.04 Å². The summed E-state index contributed by atoms with van der Waals surface area (Å²) in [5.41, 5.74) is 5.65. The van der Waals surface area contributed by atoms with Gasteiger partial charge in [0.25, 0.3) is 0 Å². The highest BCUT2D eigenvalue weighted by molar-refractivity contribution is 5.75. The normalized spacial score (nSPS) is 15.1. The van der Waals surface area contributed by atoms with Gasteiger partial charge in [-0.15, -0.1) is 0 Å². The van der Waals surface area contributed by atoms with Crippen LogP contribution in [0.2, 0.25) is 0 Å². The fourth-order valence-electron chi connectivity index (χ4n) is 1.02. The summed E-state index contributed by atoms with van der Waals surface area (Å²) >= 11 is 0. The molecular weight excluding hydrogens is 166 g/mol. The first-order valence-electron chi connectivity index (χ1n) is 4.76. The Hall–Kier alpha value is -0.610. The summed E-state index contributed by atoms with van der Waals surface area (Å²) in [4.78, 5) is 0. The van der Waals surface area contributed by atoms with Crippen molar-refractivity contribution in [3.05, 3.63) is 0 Å². The molecule has 1 unspecified atom stereocenters. The molecule has 13 heavy (non-hydrogen) atoms. The second-order valence-corrected chi connectivity index (χ2v) is 3.45. The van der Waals surface area contributed by atoms with E-state index in [0.29, 0.717) is 5.84 Å². The minimum Gasteiger partial charge on any atom is -0.392 e. The van der Waals surface area contributed by atoms with Crippen LogP contribution in [0, 0.1) is 5.41 Å². The molecule has 0 aliphatic heterocycles. The van der Waals surface area contributed by atoms with Crippen LogP contribution in [0.3, 0.4) is 0 Å². The van der Waals surface area contributed by atoms with E-state index in [4.69, 9.17) is 16.2 Å². The first kappa shape index (κ1) is 12.4. The quantitative estimate of drug-likeness (QED) is 0.277. The van der Waals surface area contributed by atoms with Crippen molar-refractivity contribution >= 4 is 5.84 Å². The summed E-state index contributed by atoms with van der Waals surface area (Å²) in [5.74, 6) is 0.500. The molecule has 0 radical (unpaired) electrons. The molecular formula is C9H21N3O. The molecule has 0 bridgehead atoms. The van der Waals surface area contributed by atoms with Gasteiger partial charge in [0.1, 0.15) is 0 Å². The molecule has 0 aromatic rings. The van der Waals surface area contributed by atoms with Gasteiger partial charge in [-0.25, -0.2) is 0 Å². The van der Waals surface area contributed by atoms with Gasteiger partial charge in [0, 0.05) is 12.6 Å². The van der Waals surface area contributed by atoms with Crippen molar-refractivity contribution in [3.63, 3.8) is 0 Å². The summed E-state index contributed by atoms with van der Waals surface area (Å²) < 4.78 is 0. The number of hydrogen-bond acceptors (Lipinski definition) is 3. The van der Waals surface area contributed by atoms with Gasteiger partial charge < -0.3 is 16.2 Å². The molecule has 5 N–H and O–H groups in total. The first-order chi connectivity index (χ1) is 6.04. The first-order valence-corrected chi connectivity index (χ1v) is 4.76. The maximum Gasteiger partial charge on any atom is 0.0899 e. The highest BCUT2D eigenvalue weighted by atomic mass is 16.3. The van der Waals surface area contributed by atoms with E-state index in [1.54, 1.807) is 13.8 Å². The molecule has 0 saturated heterocycles. The monoisotopic (exact) mass is 187 g/mol. The Bertz CT molecular complexity index is 148. The molecule has 4 heteroatoms. The van der Waals surface area contributed by atoms with Crippen molar-refractivity contribution < 1.29 is 5.11 Å². The predicted octanol–water partition coefficient (Wildman–Crippen LogP) is 0.452. The summed E-state index contributed by atoms with van der Waals surface area (Å²) in [6, 6.07) is -0.110. The van der Waals surface area contributed by atoms with E-state index >= 15 is 0 Å². The van der Waals surface area contributed by atoms with Gasteiger partial charge in [-0.1, -0.05) is 6.42 Å². The number of aliphatic hydroxyl groups is 1. The van der Waals surface area contributed by atoms with Crippen molar-refractivity contribution in [2.45, 2.75) is 45.3 Å². The van der Waals surface area contributed by atoms with E-state index in [0.717, 1.165) is 25.8 Å². The zero-order chi connectivity index (χ0) is 10.3. The number of hydrogen-bond donors (Lipinski definition) is 4. The van der Waals surface area contributed by atoms with Crippen LogP contribution >= 0.6 is 0 Å². The third kappa shape index (κ3) is 7.74. The number of nitrogens with two attached hydrogens (primary N) is 1. The lowest BCUT2D eigenvalue weighted by molar-refractivity contribution is 0.158. The molecule has 0 fully saturated rings. The minimum atomic E-state index is -0.419. The molecule has 4 nitrogen and oxygen atoms in total. The lowest BCUT2D eigenvalue weighted by Crippen LogP contribution is -2.32. The van der Waals surface area contributed by atoms with Crippen LogP contribution in [0.5, 0.6) is 0 Å². The molecule has 0 aliphatic rings. The van der Waals surface area contributed by atoms with Crippen molar-refractivity contribution in [2.75, 3.05) is 6.54 Å². The fourth-order valence-corrected chi connectivity index (χ4v) is 1.02. The Morgan fingerprint density at radius 3 is 2.62 bits per heavy atom. The third-order valence-electron chi connectivity index (χ3n) is 1.97. The summed E-state index contributed by atoms with van der Waals surface area (Å²) in [6.07, 6.45) is 2.41. The third-order valence-corrected chi connectivity index (χ3v) is 1.97. The van der Waals surface area contributed by atoms with Crippen LogP contribution in [0.4, 0.5) is 0 Å². The molecule has 0 aromatic carbocycles. The Morgan fingerprint density at radius 2 is 2.15 bits per heavy atom. The van der Waals surface area contributed by atoms with Gasteiger partial charge in [-0.3, -0.25) is 5.41 Å². The van der Waals surface area contributed by atoms with Crippen molar-refractivity contribution in [2.24, 2.45) is 5.73 Å². The van der Waals surface area contributed by atoms with Crippen LogP contribution in [-0.2, 0) is 0 Å². The van der Waals surface area contributed by atoms with Gasteiger partial charge in [0.15, 0.2) is 0 Å². The topological polar surface area (TPSA) is 82.1 Å². The van der Waals surface area contributed by atoms with Crippen LogP contribution in [0.25, 0.3) is 0 Å². The number of unbranched alkanes of at least 4 members (excludes halogenated alkanes) is 1. The molecule has 0 aromatic heterocycles. The zero-order valence-electron chi connectivity index (χ0n) is 8.51. The van der Waals surface area contributed by atoms with Gasteiger partial charge in [0.2, 0.25) is 0 Å². The summed E-state index contributed by atoms with van der Waals surface area (Å²) in [7, 11) is 0. The molecule has 78 valence electrons. The van der Waals surface area contributed by atoms with Crippen molar-refractivity contribution in [3.8, 4) is 0 Å². The highest BCUT2D eigenvalue weighted by Gasteiger charge is 2.07. The van der Waals surface area contributed by atoms with Crippen molar-refractivity contribution in [1.29, 1.82) is 5.41 Å². The molecule has 2 atom stereocenters. The number of aliphatic hydroxyl groups excluding tert-OH is 1. The maximum atomic E-state index is 9.09. The standard InChI is InChI=1S/C9H21N3O/c1-7(13)9(11)5-3-4-6-12-8(2)10/h7,9,13H,3-6,11H2,1-2H3,(H2,10,12)/t7?,9-/m0/s1. The maximum absolute atomic E-state index is 9.09. The van der Waals surface area contributed by atoms with Gasteiger partial charge in [-0.2, -0.15) is 0 Å². The summed E-state index contributed by atoms with van der Waals surface area (Å²) in [6.45, 7) is 4.26. The lowest BCUT2D eigenvalue weighted by Gasteiger charge is -2.14. The van der Waals surface area contributed by atoms with Gasteiger partial charge in [-0.05, 0) is 26.7 Å². The predicted molar refractivity (Wildman–Crippen MR) is 54.9 cm³/mol. The van der Waals surface area contributed by atoms with Crippen LogP contribution in [-0.4, -0.2) is 29.6 Å². The highest BCUT2D eigenvalue weighted by Crippen LogP contribution is 2.01. The largest absolute Gasteiger partial charge is 0.392 e. The second kappa shape index (κ2) is 6.86. The van der Waals surface area contributed by atoms with Crippen LogP contribution in [0.1, 0.15) is 33.1 Å². The Morgan fingerprint density at radius 1 is 1.54 bits per heavy atom. The molecule has 0 saturated carbocycles. The number of nitrogens with one attached hydrogen (secondary N) is 2. The fraction of sp³-hybridized carbons (Fsp3) is 0.889. The average molecular weight is 187 g/mol. The number of amidine groups is 1. The smallest absolute Gasteiger partial charge is 0.0899 e. The Balaban J connectivity index is 3.21. The van der Waals surface area contributed by atoms with Gasteiger partial charge in [0.05, 0.1) is 11.9 Å². The zero-order valence-corrected chi connectivity index (χ0v) is 8.51. The summed E-state index contributed by atoms with van der Waals surface area (Å²) in [5, 5.41) is 19.1. The molecule has 0 heterocycles.